The van der Waals surface area contributed by atoms with Crippen molar-refractivity contribution in [1.29, 1.82) is 0 Å². The molecule has 4 heteroatoms. The average molecular weight is 197 g/mol. The van der Waals surface area contributed by atoms with E-state index in [0.29, 0.717) is 0 Å². The van der Waals surface area contributed by atoms with Gasteiger partial charge in [-0.1, -0.05) is 0 Å². The van der Waals surface area contributed by atoms with Gasteiger partial charge in [0.1, 0.15) is 0 Å². The Morgan fingerprint density at radius 3 is 3.38 bits per heavy atom. The van der Waals surface area contributed by atoms with Crippen LogP contribution in [0, 0.1) is 0 Å². The van der Waals surface area contributed by atoms with Crippen LogP contribution in [-0.2, 0) is 11.2 Å². The molecule has 0 amide bonds. The van der Waals surface area contributed by atoms with E-state index >= 15 is 0 Å². The number of rotatable bonds is 2. The summed E-state index contributed by atoms with van der Waals surface area (Å²) >= 11 is 1.44. The molecule has 0 spiro atoms. The molecular formula is C9H11NO2S. The van der Waals surface area contributed by atoms with Crippen molar-refractivity contribution in [3.05, 3.63) is 16.6 Å². The molecule has 1 aliphatic rings. The summed E-state index contributed by atoms with van der Waals surface area (Å²) in [4.78, 5) is 10.6. The lowest BCUT2D eigenvalue weighted by Gasteiger charge is -2.19. The van der Waals surface area contributed by atoms with Gasteiger partial charge >= 0.3 is 5.97 Å². The van der Waals surface area contributed by atoms with Crippen molar-refractivity contribution in [2.24, 2.45) is 0 Å². The highest BCUT2D eigenvalue weighted by Gasteiger charge is 2.24. The summed E-state index contributed by atoms with van der Waals surface area (Å²) in [5.41, 5.74) is 2.31. The highest BCUT2D eigenvalue weighted by Crippen LogP contribution is 2.33. The lowest BCUT2D eigenvalue weighted by Crippen LogP contribution is -2.12. The second-order valence-electron chi connectivity index (χ2n) is 3.41. The van der Waals surface area contributed by atoms with Crippen LogP contribution in [0.25, 0.3) is 0 Å². The van der Waals surface area contributed by atoms with E-state index in [9.17, 15) is 4.79 Å². The summed E-state index contributed by atoms with van der Waals surface area (Å²) in [5, 5.41) is 10.7. The third kappa shape index (κ3) is 1.72. The number of aromatic nitrogens is 1. The van der Waals surface area contributed by atoms with Crippen LogP contribution in [0.5, 0.6) is 0 Å². The van der Waals surface area contributed by atoms with Gasteiger partial charge in [-0.3, -0.25) is 4.79 Å². The quantitative estimate of drug-likeness (QED) is 0.789. The van der Waals surface area contributed by atoms with Crippen molar-refractivity contribution in [2.75, 3.05) is 0 Å². The summed E-state index contributed by atoms with van der Waals surface area (Å²) in [6, 6.07) is 0. The van der Waals surface area contributed by atoms with Gasteiger partial charge in [-0.2, -0.15) is 4.37 Å². The number of carboxylic acid groups (broad SMARTS) is 1. The van der Waals surface area contributed by atoms with Crippen molar-refractivity contribution < 1.29 is 9.90 Å². The second-order valence-corrected chi connectivity index (χ2v) is 4.04. The Bertz CT molecular complexity index is 321. The van der Waals surface area contributed by atoms with Crippen LogP contribution in [0.15, 0.2) is 5.38 Å². The topological polar surface area (TPSA) is 50.2 Å². The molecule has 0 aromatic carbocycles. The summed E-state index contributed by atoms with van der Waals surface area (Å²) in [5.74, 6) is -0.557. The van der Waals surface area contributed by atoms with Gasteiger partial charge in [0.25, 0.3) is 0 Å². The van der Waals surface area contributed by atoms with Crippen molar-refractivity contribution in [2.45, 2.75) is 31.6 Å². The Labute approximate surface area is 80.6 Å². The average Bonchev–Trinajstić information content (AvgIpc) is 2.51. The van der Waals surface area contributed by atoms with Crippen LogP contribution >= 0.6 is 11.5 Å². The van der Waals surface area contributed by atoms with E-state index in [-0.39, 0.29) is 12.3 Å². The highest BCUT2D eigenvalue weighted by atomic mass is 32.1. The van der Waals surface area contributed by atoms with Crippen LogP contribution in [-0.4, -0.2) is 15.4 Å². The number of fused-ring (bicyclic) bond motifs is 1. The molecule has 1 aromatic rings. The van der Waals surface area contributed by atoms with E-state index in [1.54, 1.807) is 0 Å². The molecule has 1 unspecified atom stereocenters. The minimum Gasteiger partial charge on any atom is -0.481 e. The molecular weight excluding hydrogens is 186 g/mol. The third-order valence-electron chi connectivity index (χ3n) is 2.48. The largest absolute Gasteiger partial charge is 0.481 e. The first-order valence-electron chi connectivity index (χ1n) is 4.42. The first kappa shape index (κ1) is 8.69. The maximum atomic E-state index is 10.6. The summed E-state index contributed by atoms with van der Waals surface area (Å²) in [7, 11) is 0. The first-order valence-corrected chi connectivity index (χ1v) is 5.26. The fourth-order valence-electron chi connectivity index (χ4n) is 1.87. The standard InChI is InChI=1S/C9H11NO2S/c11-8(12)4-6-2-1-3-7-5-13-10-9(6)7/h5-6H,1-4H2,(H,11,12). The number of aliphatic carboxylic acids is 1. The van der Waals surface area contributed by atoms with Crippen LogP contribution in [0.3, 0.4) is 0 Å². The Kier molecular flexibility index (Phi) is 2.31. The fraction of sp³-hybridized carbons (Fsp3) is 0.556. The van der Waals surface area contributed by atoms with Gasteiger partial charge in [0.05, 0.1) is 12.1 Å². The van der Waals surface area contributed by atoms with Crippen molar-refractivity contribution in [3.8, 4) is 0 Å². The molecule has 0 saturated carbocycles. The first-order chi connectivity index (χ1) is 6.27. The minimum absolute atomic E-state index is 0.160. The van der Waals surface area contributed by atoms with E-state index in [4.69, 9.17) is 5.11 Å². The Morgan fingerprint density at radius 2 is 2.62 bits per heavy atom. The van der Waals surface area contributed by atoms with Crippen LogP contribution in [0.1, 0.15) is 36.4 Å². The monoisotopic (exact) mass is 197 g/mol. The van der Waals surface area contributed by atoms with Gasteiger partial charge in [0.2, 0.25) is 0 Å². The molecule has 2 rings (SSSR count). The molecule has 3 nitrogen and oxygen atoms in total. The third-order valence-corrected chi connectivity index (χ3v) is 3.17. The van der Waals surface area contributed by atoms with E-state index in [2.05, 4.69) is 4.37 Å². The highest BCUT2D eigenvalue weighted by molar-refractivity contribution is 7.03. The van der Waals surface area contributed by atoms with E-state index in [1.807, 2.05) is 5.38 Å². The van der Waals surface area contributed by atoms with Crippen LogP contribution < -0.4 is 0 Å². The number of carboxylic acids is 1. The van der Waals surface area contributed by atoms with Gasteiger partial charge < -0.3 is 5.11 Å². The number of aryl methyl sites for hydroxylation is 1. The number of nitrogens with zero attached hydrogens (tertiary/aromatic N) is 1. The van der Waals surface area contributed by atoms with Crippen molar-refractivity contribution in [1.82, 2.24) is 4.37 Å². The number of hydrogen-bond donors (Lipinski definition) is 1. The normalized spacial score (nSPS) is 21.1. The van der Waals surface area contributed by atoms with Crippen molar-refractivity contribution in [3.63, 3.8) is 0 Å². The fourth-order valence-corrected chi connectivity index (χ4v) is 2.67. The number of carbonyl (C=O) groups is 1. The molecule has 1 aromatic heterocycles. The molecule has 0 radical (unpaired) electrons. The molecule has 0 aliphatic heterocycles. The maximum absolute atomic E-state index is 10.6. The SMILES string of the molecule is O=C(O)CC1CCCc2csnc21. The van der Waals surface area contributed by atoms with Gasteiger partial charge in [-0.15, -0.1) is 0 Å². The zero-order valence-electron chi connectivity index (χ0n) is 7.19. The smallest absolute Gasteiger partial charge is 0.304 e. The minimum atomic E-state index is -0.717. The summed E-state index contributed by atoms with van der Waals surface area (Å²) in [6.45, 7) is 0. The molecule has 0 bridgehead atoms. The molecule has 70 valence electrons. The lowest BCUT2D eigenvalue weighted by molar-refractivity contribution is -0.137. The van der Waals surface area contributed by atoms with Crippen molar-refractivity contribution >= 4 is 17.5 Å². The van der Waals surface area contributed by atoms with Gasteiger partial charge in [0, 0.05) is 11.3 Å². The Balaban J connectivity index is 2.20. The maximum Gasteiger partial charge on any atom is 0.304 e. The zero-order chi connectivity index (χ0) is 9.26. The summed E-state index contributed by atoms with van der Waals surface area (Å²) in [6.07, 6.45) is 3.38. The zero-order valence-corrected chi connectivity index (χ0v) is 8.01. The molecule has 1 atom stereocenters. The second kappa shape index (κ2) is 3.46. The number of hydrogen-bond acceptors (Lipinski definition) is 3. The molecule has 0 fully saturated rings. The van der Waals surface area contributed by atoms with E-state index in [0.717, 1.165) is 25.0 Å². The molecule has 1 aliphatic carbocycles. The summed E-state index contributed by atoms with van der Waals surface area (Å²) < 4.78 is 4.27. The lowest BCUT2D eigenvalue weighted by atomic mass is 9.86. The molecule has 13 heavy (non-hydrogen) atoms. The molecule has 1 N–H and O–H groups in total. The molecule has 0 saturated heterocycles. The predicted octanol–water partition coefficient (Wildman–Crippen LogP) is 2.04. The Hall–Kier alpha value is -0.900. The van der Waals surface area contributed by atoms with Gasteiger partial charge in [-0.25, -0.2) is 0 Å². The van der Waals surface area contributed by atoms with Crippen LogP contribution in [0.4, 0.5) is 0 Å². The Morgan fingerprint density at radius 1 is 1.77 bits per heavy atom. The predicted molar refractivity (Wildman–Crippen MR) is 50.0 cm³/mol. The van der Waals surface area contributed by atoms with Crippen LogP contribution in [0.2, 0.25) is 0 Å². The van der Waals surface area contributed by atoms with Gasteiger partial charge in [0.15, 0.2) is 0 Å². The van der Waals surface area contributed by atoms with Gasteiger partial charge in [-0.05, 0) is 36.4 Å². The molecule has 1 heterocycles. The van der Waals surface area contributed by atoms with E-state index in [1.165, 1.54) is 17.1 Å². The van der Waals surface area contributed by atoms with E-state index < -0.39 is 5.97 Å².